The summed E-state index contributed by atoms with van der Waals surface area (Å²) in [4.78, 5) is 0. The molecule has 0 aliphatic rings. The predicted octanol–water partition coefficient (Wildman–Crippen LogP) is 3.21. The summed E-state index contributed by atoms with van der Waals surface area (Å²) in [5.41, 5.74) is 1.65. The zero-order chi connectivity index (χ0) is 10.7. The minimum atomic E-state index is -0.560. The summed E-state index contributed by atoms with van der Waals surface area (Å²) in [5, 5.41) is 9.93. The van der Waals surface area contributed by atoms with E-state index in [-0.39, 0.29) is 11.7 Å². The normalized spacial score (nSPS) is 15.2. The Morgan fingerprint density at radius 2 is 2.07 bits per heavy atom. The molecule has 0 heterocycles. The van der Waals surface area contributed by atoms with Crippen molar-refractivity contribution in [2.75, 3.05) is 0 Å². The fourth-order valence-corrected chi connectivity index (χ4v) is 1.46. The lowest BCUT2D eigenvalue weighted by molar-refractivity contribution is 0.114. The fourth-order valence-electron chi connectivity index (χ4n) is 1.46. The third-order valence-corrected chi connectivity index (χ3v) is 2.74. The molecule has 0 aromatic heterocycles. The van der Waals surface area contributed by atoms with Crippen molar-refractivity contribution in [1.82, 2.24) is 0 Å². The molecule has 1 aromatic rings. The predicted molar refractivity (Wildman–Crippen MR) is 55.6 cm³/mol. The van der Waals surface area contributed by atoms with Gasteiger partial charge in [-0.05, 0) is 36.1 Å². The Balaban J connectivity index is 2.99. The highest BCUT2D eigenvalue weighted by Gasteiger charge is 2.16. The van der Waals surface area contributed by atoms with Crippen LogP contribution in [0.1, 0.15) is 37.5 Å². The number of aliphatic hydroxyl groups excluding tert-OH is 1. The third-order valence-electron chi connectivity index (χ3n) is 2.74. The highest BCUT2D eigenvalue weighted by atomic mass is 19.1. The zero-order valence-corrected chi connectivity index (χ0v) is 8.92. The van der Waals surface area contributed by atoms with Crippen LogP contribution in [0.4, 0.5) is 4.39 Å². The standard InChI is InChI=1S/C12H17FO/c1-4-8(2)12(14)11-7-10(13)6-5-9(11)3/h5-8,12,14H,4H2,1-3H3. The first-order valence-electron chi connectivity index (χ1n) is 5.00. The molecule has 0 aliphatic heterocycles. The van der Waals surface area contributed by atoms with Crippen molar-refractivity contribution in [3.8, 4) is 0 Å². The first kappa shape index (κ1) is 11.2. The monoisotopic (exact) mass is 196 g/mol. The minimum Gasteiger partial charge on any atom is -0.388 e. The highest BCUT2D eigenvalue weighted by molar-refractivity contribution is 5.28. The summed E-state index contributed by atoms with van der Waals surface area (Å²) in [7, 11) is 0. The molecule has 1 rings (SSSR count). The summed E-state index contributed by atoms with van der Waals surface area (Å²) < 4.78 is 13.0. The summed E-state index contributed by atoms with van der Waals surface area (Å²) in [6, 6.07) is 4.55. The van der Waals surface area contributed by atoms with Crippen LogP contribution in [0.5, 0.6) is 0 Å². The number of benzene rings is 1. The van der Waals surface area contributed by atoms with Crippen molar-refractivity contribution >= 4 is 0 Å². The van der Waals surface area contributed by atoms with E-state index in [9.17, 15) is 9.50 Å². The third kappa shape index (κ3) is 2.32. The molecule has 0 fully saturated rings. The van der Waals surface area contributed by atoms with E-state index in [1.54, 1.807) is 6.07 Å². The summed E-state index contributed by atoms with van der Waals surface area (Å²) in [6.07, 6.45) is 0.326. The largest absolute Gasteiger partial charge is 0.388 e. The maximum absolute atomic E-state index is 13.0. The molecule has 14 heavy (non-hydrogen) atoms. The Bertz CT molecular complexity index is 309. The van der Waals surface area contributed by atoms with E-state index < -0.39 is 6.10 Å². The van der Waals surface area contributed by atoms with E-state index in [4.69, 9.17) is 0 Å². The topological polar surface area (TPSA) is 20.2 Å². The van der Waals surface area contributed by atoms with Crippen LogP contribution >= 0.6 is 0 Å². The molecule has 2 unspecified atom stereocenters. The molecule has 0 amide bonds. The van der Waals surface area contributed by atoms with Crippen LogP contribution in [0.15, 0.2) is 18.2 Å². The zero-order valence-electron chi connectivity index (χ0n) is 8.92. The van der Waals surface area contributed by atoms with Gasteiger partial charge >= 0.3 is 0 Å². The molecule has 0 bridgehead atoms. The number of hydrogen-bond donors (Lipinski definition) is 1. The van der Waals surface area contributed by atoms with Gasteiger partial charge in [0.05, 0.1) is 6.10 Å². The smallest absolute Gasteiger partial charge is 0.123 e. The van der Waals surface area contributed by atoms with Crippen LogP contribution < -0.4 is 0 Å². The van der Waals surface area contributed by atoms with Crippen LogP contribution in [-0.4, -0.2) is 5.11 Å². The second-order valence-corrected chi connectivity index (χ2v) is 3.83. The lowest BCUT2D eigenvalue weighted by atomic mass is 9.92. The Labute approximate surface area is 84.6 Å². The van der Waals surface area contributed by atoms with Crippen LogP contribution in [0.25, 0.3) is 0 Å². The molecule has 2 atom stereocenters. The van der Waals surface area contributed by atoms with Gasteiger partial charge in [0.25, 0.3) is 0 Å². The van der Waals surface area contributed by atoms with Gasteiger partial charge in [0, 0.05) is 0 Å². The van der Waals surface area contributed by atoms with Crippen molar-refractivity contribution in [1.29, 1.82) is 0 Å². The second kappa shape index (κ2) is 4.56. The van der Waals surface area contributed by atoms with Crippen LogP contribution in [-0.2, 0) is 0 Å². The summed E-state index contributed by atoms with van der Waals surface area (Å²) >= 11 is 0. The maximum atomic E-state index is 13.0. The number of rotatable bonds is 3. The van der Waals surface area contributed by atoms with Gasteiger partial charge in [-0.1, -0.05) is 26.3 Å². The van der Waals surface area contributed by atoms with E-state index in [0.29, 0.717) is 5.56 Å². The van der Waals surface area contributed by atoms with Crippen molar-refractivity contribution in [3.63, 3.8) is 0 Å². The van der Waals surface area contributed by atoms with Gasteiger partial charge in [0.15, 0.2) is 0 Å². The quantitative estimate of drug-likeness (QED) is 0.787. The van der Waals surface area contributed by atoms with E-state index in [1.165, 1.54) is 12.1 Å². The molecular weight excluding hydrogens is 179 g/mol. The highest BCUT2D eigenvalue weighted by Crippen LogP contribution is 2.27. The number of hydrogen-bond acceptors (Lipinski definition) is 1. The molecule has 0 radical (unpaired) electrons. The molecule has 1 N–H and O–H groups in total. The summed E-state index contributed by atoms with van der Waals surface area (Å²) in [6.45, 7) is 5.87. The Morgan fingerprint density at radius 3 is 2.64 bits per heavy atom. The first-order chi connectivity index (χ1) is 6.56. The molecule has 0 saturated carbocycles. The molecule has 1 aromatic carbocycles. The van der Waals surface area contributed by atoms with E-state index in [1.807, 2.05) is 20.8 Å². The number of aryl methyl sites for hydroxylation is 1. The van der Waals surface area contributed by atoms with Crippen molar-refractivity contribution in [2.24, 2.45) is 5.92 Å². The van der Waals surface area contributed by atoms with Crippen molar-refractivity contribution in [2.45, 2.75) is 33.3 Å². The van der Waals surface area contributed by atoms with Gasteiger partial charge in [0.2, 0.25) is 0 Å². The van der Waals surface area contributed by atoms with E-state index in [0.717, 1.165) is 12.0 Å². The molecule has 0 aliphatic carbocycles. The SMILES string of the molecule is CCC(C)C(O)c1cc(F)ccc1C. The molecular formula is C12H17FO. The minimum absolute atomic E-state index is 0.162. The van der Waals surface area contributed by atoms with Crippen molar-refractivity contribution in [3.05, 3.63) is 35.1 Å². The van der Waals surface area contributed by atoms with Crippen molar-refractivity contribution < 1.29 is 9.50 Å². The van der Waals surface area contributed by atoms with Gasteiger partial charge < -0.3 is 5.11 Å². The van der Waals surface area contributed by atoms with Gasteiger partial charge in [-0.2, -0.15) is 0 Å². The Hall–Kier alpha value is -0.890. The molecule has 2 heteroatoms. The van der Waals surface area contributed by atoms with Gasteiger partial charge in [-0.3, -0.25) is 0 Å². The Kier molecular flexibility index (Phi) is 3.64. The number of aliphatic hydroxyl groups is 1. The average molecular weight is 196 g/mol. The maximum Gasteiger partial charge on any atom is 0.123 e. The lowest BCUT2D eigenvalue weighted by Crippen LogP contribution is -2.09. The number of halogens is 1. The fraction of sp³-hybridized carbons (Fsp3) is 0.500. The van der Waals surface area contributed by atoms with Gasteiger partial charge in [-0.15, -0.1) is 0 Å². The molecule has 78 valence electrons. The lowest BCUT2D eigenvalue weighted by Gasteiger charge is -2.19. The molecule has 1 nitrogen and oxygen atoms in total. The van der Waals surface area contributed by atoms with Crippen LogP contribution in [0, 0.1) is 18.7 Å². The second-order valence-electron chi connectivity index (χ2n) is 3.83. The van der Waals surface area contributed by atoms with Gasteiger partial charge in [0.1, 0.15) is 5.82 Å². The van der Waals surface area contributed by atoms with E-state index in [2.05, 4.69) is 0 Å². The van der Waals surface area contributed by atoms with E-state index >= 15 is 0 Å². The average Bonchev–Trinajstić information content (AvgIpc) is 2.19. The van der Waals surface area contributed by atoms with Crippen LogP contribution in [0.2, 0.25) is 0 Å². The molecule has 0 saturated heterocycles. The Morgan fingerprint density at radius 1 is 1.43 bits per heavy atom. The molecule has 0 spiro atoms. The van der Waals surface area contributed by atoms with Gasteiger partial charge in [-0.25, -0.2) is 4.39 Å². The van der Waals surface area contributed by atoms with Crippen LogP contribution in [0.3, 0.4) is 0 Å². The first-order valence-corrected chi connectivity index (χ1v) is 5.00. The summed E-state index contributed by atoms with van der Waals surface area (Å²) in [5.74, 6) is -0.122.